The van der Waals surface area contributed by atoms with Gasteiger partial charge in [-0.2, -0.15) is 0 Å². The van der Waals surface area contributed by atoms with Crippen LogP contribution in [0.3, 0.4) is 0 Å². The maximum atomic E-state index is 6.08. The molecule has 166 valence electrons. The standard InChI is InChI=1S/C21H32N6O2.HI/c1-17-7-8-18(20(12-17)29-14-19-6-5-11-28-19)13-24-21(22-2)23-9-3-4-10-27-15-25-26-16-27;/h7-8,12,15-16,19H,3-6,9-11,13-14H2,1-2H3,(H2,22,23,24);1H. The van der Waals surface area contributed by atoms with Gasteiger partial charge in [-0.1, -0.05) is 12.1 Å². The third kappa shape index (κ3) is 8.10. The van der Waals surface area contributed by atoms with Gasteiger partial charge in [-0.3, -0.25) is 4.99 Å². The van der Waals surface area contributed by atoms with Crippen LogP contribution in [0.15, 0.2) is 35.8 Å². The van der Waals surface area contributed by atoms with Crippen molar-refractivity contribution < 1.29 is 9.47 Å². The summed E-state index contributed by atoms with van der Waals surface area (Å²) in [5, 5.41) is 14.4. The lowest BCUT2D eigenvalue weighted by Crippen LogP contribution is -2.37. The zero-order valence-corrected chi connectivity index (χ0v) is 20.2. The van der Waals surface area contributed by atoms with Gasteiger partial charge in [-0.25, -0.2) is 0 Å². The Morgan fingerprint density at radius 2 is 2.10 bits per heavy atom. The Labute approximate surface area is 195 Å². The number of unbranched alkanes of at least 4 members (excludes halogenated alkanes) is 1. The van der Waals surface area contributed by atoms with E-state index in [4.69, 9.17) is 9.47 Å². The molecule has 1 fully saturated rings. The largest absolute Gasteiger partial charge is 0.491 e. The van der Waals surface area contributed by atoms with Crippen LogP contribution in [0, 0.1) is 6.92 Å². The van der Waals surface area contributed by atoms with Crippen molar-refractivity contribution in [1.29, 1.82) is 0 Å². The van der Waals surface area contributed by atoms with Crippen molar-refractivity contribution >= 4 is 29.9 Å². The Hall–Kier alpha value is -1.88. The molecule has 1 aromatic heterocycles. The molecule has 0 radical (unpaired) electrons. The van der Waals surface area contributed by atoms with Gasteiger partial charge in [0.15, 0.2) is 5.96 Å². The first-order valence-electron chi connectivity index (χ1n) is 10.4. The molecule has 1 aliphatic rings. The molecular weight excluding hydrogens is 495 g/mol. The number of aromatic nitrogens is 3. The number of aryl methyl sites for hydroxylation is 2. The smallest absolute Gasteiger partial charge is 0.191 e. The topological polar surface area (TPSA) is 85.6 Å². The van der Waals surface area contributed by atoms with E-state index in [0.29, 0.717) is 13.2 Å². The molecule has 8 nitrogen and oxygen atoms in total. The summed E-state index contributed by atoms with van der Waals surface area (Å²) in [7, 11) is 1.79. The number of nitrogens with zero attached hydrogens (tertiary/aromatic N) is 4. The fourth-order valence-corrected chi connectivity index (χ4v) is 3.26. The minimum Gasteiger partial charge on any atom is -0.491 e. The first-order valence-corrected chi connectivity index (χ1v) is 10.4. The first kappa shape index (κ1) is 24.4. The van der Waals surface area contributed by atoms with Gasteiger partial charge in [0.1, 0.15) is 25.0 Å². The van der Waals surface area contributed by atoms with Gasteiger partial charge in [0.05, 0.1) is 6.10 Å². The van der Waals surface area contributed by atoms with E-state index in [1.165, 1.54) is 5.56 Å². The van der Waals surface area contributed by atoms with E-state index in [9.17, 15) is 0 Å². The number of nitrogens with one attached hydrogen (secondary N) is 2. The van der Waals surface area contributed by atoms with Crippen LogP contribution in [0.2, 0.25) is 0 Å². The second-order valence-electron chi connectivity index (χ2n) is 7.32. The van der Waals surface area contributed by atoms with Crippen LogP contribution < -0.4 is 15.4 Å². The summed E-state index contributed by atoms with van der Waals surface area (Å²) < 4.78 is 13.7. The van der Waals surface area contributed by atoms with Crippen LogP contribution in [0.25, 0.3) is 0 Å². The Balaban J connectivity index is 0.00000320. The number of benzene rings is 1. The lowest BCUT2D eigenvalue weighted by atomic mass is 10.1. The molecule has 3 rings (SSSR count). The molecule has 0 aliphatic carbocycles. The number of halogens is 1. The second kappa shape index (κ2) is 13.4. The Kier molecular flexibility index (Phi) is 10.9. The van der Waals surface area contributed by atoms with Crippen LogP contribution in [0.1, 0.15) is 36.8 Å². The number of hydrogen-bond acceptors (Lipinski definition) is 5. The third-order valence-corrected chi connectivity index (χ3v) is 4.94. The van der Waals surface area contributed by atoms with Gasteiger partial charge in [0.25, 0.3) is 0 Å². The molecule has 0 saturated carbocycles. The van der Waals surface area contributed by atoms with Crippen molar-refractivity contribution in [3.63, 3.8) is 0 Å². The predicted molar refractivity (Wildman–Crippen MR) is 129 cm³/mol. The molecule has 9 heteroatoms. The zero-order chi connectivity index (χ0) is 20.3. The van der Waals surface area contributed by atoms with Gasteiger partial charge in [0, 0.05) is 38.9 Å². The summed E-state index contributed by atoms with van der Waals surface area (Å²) in [5.41, 5.74) is 2.30. The van der Waals surface area contributed by atoms with E-state index < -0.39 is 0 Å². The summed E-state index contributed by atoms with van der Waals surface area (Å²) in [6.45, 7) is 5.97. The highest BCUT2D eigenvalue weighted by Gasteiger charge is 2.17. The lowest BCUT2D eigenvalue weighted by molar-refractivity contribution is 0.0676. The van der Waals surface area contributed by atoms with Gasteiger partial charge in [0.2, 0.25) is 0 Å². The summed E-state index contributed by atoms with van der Waals surface area (Å²) in [6.07, 6.45) is 8.00. The zero-order valence-electron chi connectivity index (χ0n) is 17.8. The van der Waals surface area contributed by atoms with E-state index in [1.807, 2.05) is 4.57 Å². The number of hydrogen-bond donors (Lipinski definition) is 2. The molecule has 0 amide bonds. The third-order valence-electron chi connectivity index (χ3n) is 4.94. The Morgan fingerprint density at radius 3 is 2.83 bits per heavy atom. The molecule has 1 saturated heterocycles. The van der Waals surface area contributed by atoms with Crippen molar-refractivity contribution in [2.24, 2.45) is 4.99 Å². The molecule has 1 aromatic carbocycles. The van der Waals surface area contributed by atoms with Crippen molar-refractivity contribution in [2.75, 3.05) is 26.8 Å². The molecule has 2 aromatic rings. The van der Waals surface area contributed by atoms with Crippen LogP contribution in [0.5, 0.6) is 5.75 Å². The van der Waals surface area contributed by atoms with E-state index in [-0.39, 0.29) is 30.1 Å². The average Bonchev–Trinajstić information content (AvgIpc) is 3.43. The Bertz CT molecular complexity index is 763. The monoisotopic (exact) mass is 528 g/mol. The Morgan fingerprint density at radius 1 is 1.27 bits per heavy atom. The average molecular weight is 528 g/mol. The van der Waals surface area contributed by atoms with E-state index >= 15 is 0 Å². The van der Waals surface area contributed by atoms with Gasteiger partial charge >= 0.3 is 0 Å². The minimum absolute atomic E-state index is 0. The van der Waals surface area contributed by atoms with E-state index in [1.54, 1.807) is 19.7 Å². The molecule has 1 aliphatic heterocycles. The van der Waals surface area contributed by atoms with Crippen LogP contribution in [0.4, 0.5) is 0 Å². The molecular formula is C21H33IN6O2. The highest BCUT2D eigenvalue weighted by molar-refractivity contribution is 14.0. The number of rotatable bonds is 10. The molecule has 0 bridgehead atoms. The molecule has 30 heavy (non-hydrogen) atoms. The van der Waals surface area contributed by atoms with Gasteiger partial charge < -0.3 is 24.7 Å². The fourth-order valence-electron chi connectivity index (χ4n) is 3.26. The maximum Gasteiger partial charge on any atom is 0.191 e. The first-order chi connectivity index (χ1) is 14.2. The maximum absolute atomic E-state index is 6.08. The normalized spacial score (nSPS) is 16.2. The van der Waals surface area contributed by atoms with Crippen molar-refractivity contribution in [1.82, 2.24) is 25.4 Å². The summed E-state index contributed by atoms with van der Waals surface area (Å²) >= 11 is 0. The predicted octanol–water partition coefficient (Wildman–Crippen LogP) is 2.91. The lowest BCUT2D eigenvalue weighted by Gasteiger charge is -2.17. The quantitative estimate of drug-likeness (QED) is 0.214. The van der Waals surface area contributed by atoms with E-state index in [2.05, 4.69) is 50.9 Å². The summed E-state index contributed by atoms with van der Waals surface area (Å²) in [4.78, 5) is 4.32. The van der Waals surface area contributed by atoms with Gasteiger partial charge in [-0.15, -0.1) is 34.2 Å². The molecule has 2 heterocycles. The van der Waals surface area contributed by atoms with E-state index in [0.717, 1.165) is 62.7 Å². The van der Waals surface area contributed by atoms with Crippen LogP contribution in [-0.4, -0.2) is 53.6 Å². The summed E-state index contributed by atoms with van der Waals surface area (Å²) in [5.74, 6) is 1.71. The molecule has 1 atom stereocenters. The van der Waals surface area contributed by atoms with Crippen molar-refractivity contribution in [3.8, 4) is 5.75 Å². The minimum atomic E-state index is 0. The fraction of sp³-hybridized carbons (Fsp3) is 0.571. The van der Waals surface area contributed by atoms with Crippen LogP contribution >= 0.6 is 24.0 Å². The highest BCUT2D eigenvalue weighted by Crippen LogP contribution is 2.22. The molecule has 1 unspecified atom stereocenters. The van der Waals surface area contributed by atoms with Gasteiger partial charge in [-0.05, 0) is 44.2 Å². The number of ether oxygens (including phenoxy) is 2. The number of aliphatic imine (C=N–C) groups is 1. The van der Waals surface area contributed by atoms with Crippen molar-refractivity contribution in [2.45, 2.75) is 51.8 Å². The molecule has 2 N–H and O–H groups in total. The number of guanidine groups is 1. The molecule has 0 spiro atoms. The summed E-state index contributed by atoms with van der Waals surface area (Å²) in [6, 6.07) is 6.31. The highest BCUT2D eigenvalue weighted by atomic mass is 127. The second-order valence-corrected chi connectivity index (χ2v) is 7.32. The van der Waals surface area contributed by atoms with Crippen LogP contribution in [-0.2, 0) is 17.8 Å². The van der Waals surface area contributed by atoms with Crippen molar-refractivity contribution in [3.05, 3.63) is 42.0 Å². The SMILES string of the molecule is CN=C(NCCCCn1cnnc1)NCc1ccc(C)cc1OCC1CCCO1.I.